The largest absolute Gasteiger partial charge is 0.397 e. The van der Waals surface area contributed by atoms with Crippen LogP contribution in [0.25, 0.3) is 0 Å². The summed E-state index contributed by atoms with van der Waals surface area (Å²) < 4.78 is 26.9. The highest BCUT2D eigenvalue weighted by Crippen LogP contribution is 2.29. The predicted octanol–water partition coefficient (Wildman–Crippen LogP) is 2.17. The van der Waals surface area contributed by atoms with E-state index in [1.165, 1.54) is 24.3 Å². The van der Waals surface area contributed by atoms with Gasteiger partial charge >= 0.3 is 0 Å². The number of fused-ring (bicyclic) bond motifs is 1. The molecule has 2 aromatic carbocycles. The van der Waals surface area contributed by atoms with Gasteiger partial charge in [0.15, 0.2) is 11.6 Å². The minimum absolute atomic E-state index is 0.0231. The molecule has 0 saturated heterocycles. The maximum atomic E-state index is 13.7. The van der Waals surface area contributed by atoms with Gasteiger partial charge in [0.1, 0.15) is 5.69 Å². The molecule has 7 heteroatoms. The summed E-state index contributed by atoms with van der Waals surface area (Å²) in [5, 5.41) is 4.76. The number of imide groups is 1. The Hall–Kier alpha value is -2.96. The molecule has 3 rings (SSSR count). The minimum Gasteiger partial charge on any atom is -0.397 e. The number of rotatable bonds is 2. The number of benzene rings is 2. The highest BCUT2D eigenvalue weighted by Gasteiger charge is 2.26. The quantitative estimate of drug-likeness (QED) is 0.584. The molecule has 2 amide bonds. The van der Waals surface area contributed by atoms with Crippen molar-refractivity contribution in [3.63, 3.8) is 0 Å². The minimum atomic E-state index is -1.11. The molecule has 0 saturated carbocycles. The second-order valence-electron chi connectivity index (χ2n) is 4.49. The lowest BCUT2D eigenvalue weighted by Gasteiger charge is -2.11. The lowest BCUT2D eigenvalue weighted by molar-refractivity contribution is 0.0879. The van der Waals surface area contributed by atoms with Gasteiger partial charge in [-0.1, -0.05) is 0 Å². The Bertz CT molecular complexity index is 790. The monoisotopic (exact) mass is 289 g/mol. The van der Waals surface area contributed by atoms with Gasteiger partial charge in [-0.25, -0.2) is 8.78 Å². The summed E-state index contributed by atoms with van der Waals surface area (Å²) in [5.74, 6) is -3.18. The second kappa shape index (κ2) is 4.55. The second-order valence-corrected chi connectivity index (χ2v) is 4.49. The number of anilines is 3. The van der Waals surface area contributed by atoms with Gasteiger partial charge in [-0.3, -0.25) is 14.9 Å². The van der Waals surface area contributed by atoms with E-state index in [1.54, 1.807) is 0 Å². The summed E-state index contributed by atoms with van der Waals surface area (Å²) in [6, 6.07) is 6.42. The Morgan fingerprint density at radius 1 is 1.00 bits per heavy atom. The molecule has 0 aromatic heterocycles. The predicted molar refractivity (Wildman–Crippen MR) is 72.3 cm³/mol. The van der Waals surface area contributed by atoms with E-state index < -0.39 is 23.4 Å². The molecule has 0 bridgehead atoms. The molecule has 0 spiro atoms. The molecule has 2 aromatic rings. The number of nitrogen functional groups attached to an aromatic ring is 1. The van der Waals surface area contributed by atoms with Crippen LogP contribution in [0.2, 0.25) is 0 Å². The molecule has 5 nitrogen and oxygen atoms in total. The molecule has 0 atom stereocenters. The van der Waals surface area contributed by atoms with Crippen molar-refractivity contribution in [3.8, 4) is 0 Å². The number of nitrogens with two attached hydrogens (primary N) is 1. The summed E-state index contributed by atoms with van der Waals surface area (Å²) >= 11 is 0. The number of amides is 2. The summed E-state index contributed by atoms with van der Waals surface area (Å²) in [4.78, 5) is 23.0. The first-order valence-corrected chi connectivity index (χ1v) is 5.97. The number of carbonyl (C=O) groups is 2. The average Bonchev–Trinajstić information content (AvgIpc) is 2.74. The molecule has 4 N–H and O–H groups in total. The highest BCUT2D eigenvalue weighted by molar-refractivity contribution is 6.21. The van der Waals surface area contributed by atoms with Crippen LogP contribution in [0.4, 0.5) is 25.8 Å². The van der Waals surface area contributed by atoms with Crippen LogP contribution in [0.15, 0.2) is 30.3 Å². The van der Waals surface area contributed by atoms with Crippen molar-refractivity contribution in [2.45, 2.75) is 0 Å². The first kappa shape index (κ1) is 13.0. The van der Waals surface area contributed by atoms with Gasteiger partial charge in [0.2, 0.25) is 0 Å². The summed E-state index contributed by atoms with van der Waals surface area (Å²) in [7, 11) is 0. The van der Waals surface area contributed by atoms with Gasteiger partial charge in [0.25, 0.3) is 11.8 Å². The van der Waals surface area contributed by atoms with Crippen LogP contribution < -0.4 is 16.4 Å². The molecule has 1 aliphatic heterocycles. The van der Waals surface area contributed by atoms with Crippen molar-refractivity contribution in [3.05, 3.63) is 53.1 Å². The van der Waals surface area contributed by atoms with Crippen molar-refractivity contribution in [1.82, 2.24) is 5.32 Å². The van der Waals surface area contributed by atoms with E-state index in [1.807, 2.05) is 0 Å². The Kier molecular flexibility index (Phi) is 2.83. The molecule has 106 valence electrons. The Morgan fingerprint density at radius 2 is 1.71 bits per heavy atom. The van der Waals surface area contributed by atoms with E-state index in [0.717, 1.165) is 6.07 Å². The number of hydrogen-bond donors (Lipinski definition) is 3. The maximum absolute atomic E-state index is 13.7. The first-order valence-electron chi connectivity index (χ1n) is 5.97. The van der Waals surface area contributed by atoms with Gasteiger partial charge in [-0.2, -0.15) is 0 Å². The molecule has 0 fully saturated rings. The maximum Gasteiger partial charge on any atom is 0.259 e. The van der Waals surface area contributed by atoms with Crippen LogP contribution in [-0.4, -0.2) is 11.8 Å². The molecule has 1 heterocycles. The lowest BCUT2D eigenvalue weighted by Crippen LogP contribution is -2.19. The molecule has 0 radical (unpaired) electrons. The number of nitrogens with one attached hydrogen (secondary N) is 2. The zero-order valence-corrected chi connectivity index (χ0v) is 10.5. The van der Waals surface area contributed by atoms with Crippen molar-refractivity contribution in [2.24, 2.45) is 0 Å². The fourth-order valence-electron chi connectivity index (χ4n) is 2.08. The molecule has 0 unspecified atom stereocenters. The van der Waals surface area contributed by atoms with Gasteiger partial charge in [0, 0.05) is 5.69 Å². The van der Waals surface area contributed by atoms with Crippen LogP contribution in [-0.2, 0) is 0 Å². The molecule has 1 aliphatic rings. The van der Waals surface area contributed by atoms with E-state index in [-0.39, 0.29) is 22.5 Å². The standard InChI is InChI=1S/C14H9F2N3O2/c15-9-3-4-10(17)12(11(9)16)18-6-1-2-7-8(5-6)14(21)19-13(7)20/h1-5,18H,17H2,(H,19,20,21). The number of halogens is 2. The van der Waals surface area contributed by atoms with Crippen LogP contribution in [0, 0.1) is 11.6 Å². The van der Waals surface area contributed by atoms with E-state index in [9.17, 15) is 18.4 Å². The van der Waals surface area contributed by atoms with Crippen molar-refractivity contribution in [1.29, 1.82) is 0 Å². The Balaban J connectivity index is 2.01. The third kappa shape index (κ3) is 2.08. The normalized spacial score (nSPS) is 13.0. The molecule has 21 heavy (non-hydrogen) atoms. The molecular formula is C14H9F2N3O2. The van der Waals surface area contributed by atoms with Gasteiger partial charge in [0.05, 0.1) is 16.8 Å². The van der Waals surface area contributed by atoms with Gasteiger partial charge in [-0.05, 0) is 30.3 Å². The smallest absolute Gasteiger partial charge is 0.259 e. The topological polar surface area (TPSA) is 84.2 Å². The first-order chi connectivity index (χ1) is 9.97. The zero-order chi connectivity index (χ0) is 15.1. The van der Waals surface area contributed by atoms with Crippen LogP contribution >= 0.6 is 0 Å². The van der Waals surface area contributed by atoms with Crippen molar-refractivity contribution in [2.75, 3.05) is 11.1 Å². The molecule has 0 aliphatic carbocycles. The van der Waals surface area contributed by atoms with Gasteiger partial charge < -0.3 is 11.1 Å². The van der Waals surface area contributed by atoms with Crippen LogP contribution in [0.3, 0.4) is 0 Å². The third-order valence-corrected chi connectivity index (χ3v) is 3.13. The average molecular weight is 289 g/mol. The number of hydrogen-bond acceptors (Lipinski definition) is 4. The van der Waals surface area contributed by atoms with Gasteiger partial charge in [-0.15, -0.1) is 0 Å². The number of carbonyl (C=O) groups excluding carboxylic acids is 2. The van der Waals surface area contributed by atoms with Crippen molar-refractivity contribution < 1.29 is 18.4 Å². The van der Waals surface area contributed by atoms with E-state index in [4.69, 9.17) is 5.73 Å². The van der Waals surface area contributed by atoms with E-state index >= 15 is 0 Å². The Labute approximate surface area is 117 Å². The zero-order valence-electron chi connectivity index (χ0n) is 10.5. The van der Waals surface area contributed by atoms with Crippen molar-refractivity contribution >= 4 is 28.9 Å². The Morgan fingerprint density at radius 3 is 2.48 bits per heavy atom. The fraction of sp³-hybridized carbons (Fsp3) is 0. The molecular weight excluding hydrogens is 280 g/mol. The SMILES string of the molecule is Nc1ccc(F)c(F)c1Nc1ccc2c(c1)C(=O)NC2=O. The summed E-state index contributed by atoms with van der Waals surface area (Å²) in [6.45, 7) is 0. The van der Waals surface area contributed by atoms with E-state index in [2.05, 4.69) is 10.6 Å². The fourth-order valence-corrected chi connectivity index (χ4v) is 2.08. The lowest BCUT2D eigenvalue weighted by atomic mass is 10.1. The highest BCUT2D eigenvalue weighted by atomic mass is 19.2. The van der Waals surface area contributed by atoms with Crippen LogP contribution in [0.1, 0.15) is 20.7 Å². The van der Waals surface area contributed by atoms with Crippen LogP contribution in [0.5, 0.6) is 0 Å². The third-order valence-electron chi connectivity index (χ3n) is 3.13. The van der Waals surface area contributed by atoms with E-state index in [0.29, 0.717) is 5.69 Å². The summed E-state index contributed by atoms with van der Waals surface area (Å²) in [6.07, 6.45) is 0. The summed E-state index contributed by atoms with van der Waals surface area (Å²) in [5.41, 5.74) is 6.11.